The summed E-state index contributed by atoms with van der Waals surface area (Å²) in [6, 6.07) is 14.9. The van der Waals surface area contributed by atoms with Gasteiger partial charge in [-0.3, -0.25) is 9.69 Å². The molecule has 142 valence electrons. The van der Waals surface area contributed by atoms with Crippen molar-refractivity contribution in [2.24, 2.45) is 0 Å². The first-order chi connectivity index (χ1) is 12.6. The van der Waals surface area contributed by atoms with Gasteiger partial charge in [-0.2, -0.15) is 0 Å². The van der Waals surface area contributed by atoms with E-state index >= 15 is 0 Å². The van der Waals surface area contributed by atoms with Crippen LogP contribution in [0.3, 0.4) is 0 Å². The number of imide groups is 1. The topological polar surface area (TPSA) is 58.6 Å². The Kier molecular flexibility index (Phi) is 4.72. The molecule has 1 atom stereocenters. The number of hydrogen-bond donors (Lipinski definition) is 1. The molecule has 0 aliphatic carbocycles. The fourth-order valence-electron chi connectivity index (χ4n) is 3.29. The Morgan fingerprint density at radius 1 is 1.07 bits per heavy atom. The van der Waals surface area contributed by atoms with E-state index in [4.69, 9.17) is 4.74 Å². The van der Waals surface area contributed by atoms with Crippen molar-refractivity contribution in [1.82, 2.24) is 10.2 Å². The maximum atomic E-state index is 13.1. The van der Waals surface area contributed by atoms with E-state index in [1.807, 2.05) is 48.5 Å². The molecular weight excluding hydrogens is 340 g/mol. The van der Waals surface area contributed by atoms with Crippen molar-refractivity contribution in [3.05, 3.63) is 65.2 Å². The molecule has 2 aromatic rings. The molecule has 1 unspecified atom stereocenters. The van der Waals surface area contributed by atoms with Crippen LogP contribution in [0.15, 0.2) is 48.5 Å². The molecule has 27 heavy (non-hydrogen) atoms. The van der Waals surface area contributed by atoms with E-state index in [0.29, 0.717) is 5.75 Å². The highest BCUT2D eigenvalue weighted by molar-refractivity contribution is 6.07. The Morgan fingerprint density at radius 3 is 2.33 bits per heavy atom. The smallest absolute Gasteiger partial charge is 0.325 e. The maximum absolute atomic E-state index is 13.1. The standard InChI is InChI=1S/C22H26N2O3/c1-21(2,3)16-9-11-17(12-10-16)22(4)19(25)24(20(26)23-22)14-15-7-6-8-18(13-15)27-5/h6-13H,14H2,1-5H3,(H,23,26). The summed E-state index contributed by atoms with van der Waals surface area (Å²) in [5, 5.41) is 2.86. The van der Waals surface area contributed by atoms with E-state index in [1.54, 1.807) is 14.0 Å². The van der Waals surface area contributed by atoms with Crippen LogP contribution < -0.4 is 10.1 Å². The highest BCUT2D eigenvalue weighted by Crippen LogP contribution is 2.32. The number of hydrogen-bond acceptors (Lipinski definition) is 3. The summed E-state index contributed by atoms with van der Waals surface area (Å²) in [5.74, 6) is 0.443. The first-order valence-corrected chi connectivity index (χ1v) is 9.03. The minimum atomic E-state index is -1.06. The van der Waals surface area contributed by atoms with Crippen LogP contribution in [0, 0.1) is 0 Å². The average molecular weight is 366 g/mol. The summed E-state index contributed by atoms with van der Waals surface area (Å²) in [7, 11) is 1.59. The van der Waals surface area contributed by atoms with E-state index < -0.39 is 5.54 Å². The second kappa shape index (κ2) is 6.72. The van der Waals surface area contributed by atoms with Crippen molar-refractivity contribution in [3.63, 3.8) is 0 Å². The van der Waals surface area contributed by atoms with E-state index in [-0.39, 0.29) is 23.9 Å². The normalized spacial score (nSPS) is 20.0. The number of ether oxygens (including phenoxy) is 1. The SMILES string of the molecule is COc1cccc(CN2C(=O)NC(C)(c3ccc(C(C)(C)C)cc3)C2=O)c1. The molecule has 0 spiro atoms. The van der Waals surface area contributed by atoms with Crippen LogP contribution in [0.5, 0.6) is 5.75 Å². The zero-order chi connectivity index (χ0) is 19.8. The second-order valence-corrected chi connectivity index (χ2v) is 8.13. The van der Waals surface area contributed by atoms with Crippen molar-refractivity contribution in [2.75, 3.05) is 7.11 Å². The predicted molar refractivity (Wildman–Crippen MR) is 105 cm³/mol. The van der Waals surface area contributed by atoms with Crippen LogP contribution in [0.25, 0.3) is 0 Å². The maximum Gasteiger partial charge on any atom is 0.325 e. The summed E-state index contributed by atoms with van der Waals surface area (Å²) in [6.45, 7) is 8.38. The molecule has 3 rings (SSSR count). The highest BCUT2D eigenvalue weighted by atomic mass is 16.5. The Morgan fingerprint density at radius 2 is 1.74 bits per heavy atom. The summed E-state index contributed by atoms with van der Waals surface area (Å²) in [5.41, 5.74) is 1.76. The molecule has 5 heteroatoms. The van der Waals surface area contributed by atoms with Gasteiger partial charge in [0.15, 0.2) is 0 Å². The average Bonchev–Trinajstić information content (AvgIpc) is 2.85. The van der Waals surface area contributed by atoms with Crippen LogP contribution >= 0.6 is 0 Å². The van der Waals surface area contributed by atoms with Crippen molar-refractivity contribution in [2.45, 2.75) is 45.2 Å². The fourth-order valence-corrected chi connectivity index (χ4v) is 3.29. The van der Waals surface area contributed by atoms with Crippen LogP contribution in [0.1, 0.15) is 44.4 Å². The molecule has 5 nitrogen and oxygen atoms in total. The van der Waals surface area contributed by atoms with Gasteiger partial charge in [0.05, 0.1) is 13.7 Å². The monoisotopic (exact) mass is 366 g/mol. The van der Waals surface area contributed by atoms with Gasteiger partial charge in [0, 0.05) is 0 Å². The van der Waals surface area contributed by atoms with E-state index in [0.717, 1.165) is 11.1 Å². The van der Waals surface area contributed by atoms with Gasteiger partial charge in [-0.15, -0.1) is 0 Å². The molecule has 0 bridgehead atoms. The lowest BCUT2D eigenvalue weighted by Crippen LogP contribution is -2.40. The van der Waals surface area contributed by atoms with Crippen LogP contribution in [-0.2, 0) is 22.3 Å². The van der Waals surface area contributed by atoms with Gasteiger partial charge in [0.25, 0.3) is 5.91 Å². The predicted octanol–water partition coefficient (Wildman–Crippen LogP) is 3.96. The molecule has 1 heterocycles. The lowest BCUT2D eigenvalue weighted by Gasteiger charge is -2.24. The van der Waals surface area contributed by atoms with Crippen LogP contribution in [-0.4, -0.2) is 23.9 Å². The third kappa shape index (κ3) is 3.54. The van der Waals surface area contributed by atoms with Gasteiger partial charge < -0.3 is 10.1 Å². The molecule has 0 radical (unpaired) electrons. The number of rotatable bonds is 4. The van der Waals surface area contributed by atoms with E-state index in [2.05, 4.69) is 26.1 Å². The number of carbonyl (C=O) groups excluding carboxylic acids is 2. The molecule has 1 fully saturated rings. The number of carbonyl (C=O) groups is 2. The van der Waals surface area contributed by atoms with Crippen LogP contribution in [0.4, 0.5) is 4.79 Å². The van der Waals surface area contributed by atoms with Gasteiger partial charge in [-0.1, -0.05) is 57.2 Å². The Hall–Kier alpha value is -2.82. The summed E-state index contributed by atoms with van der Waals surface area (Å²) < 4.78 is 5.22. The van der Waals surface area contributed by atoms with Crippen LogP contribution in [0.2, 0.25) is 0 Å². The third-order valence-corrected chi connectivity index (χ3v) is 5.08. The van der Waals surface area contributed by atoms with E-state index in [9.17, 15) is 9.59 Å². The number of urea groups is 1. The first kappa shape index (κ1) is 19.0. The van der Waals surface area contributed by atoms with Gasteiger partial charge in [0.1, 0.15) is 11.3 Å². The van der Waals surface area contributed by atoms with Crippen molar-refractivity contribution < 1.29 is 14.3 Å². The highest BCUT2D eigenvalue weighted by Gasteiger charge is 2.48. The molecule has 1 N–H and O–H groups in total. The summed E-state index contributed by atoms with van der Waals surface area (Å²) in [4.78, 5) is 26.9. The molecule has 0 aromatic heterocycles. The molecule has 2 aromatic carbocycles. The van der Waals surface area contributed by atoms with Crippen molar-refractivity contribution in [3.8, 4) is 5.75 Å². The molecule has 1 aliphatic heterocycles. The Balaban J connectivity index is 1.85. The summed E-state index contributed by atoms with van der Waals surface area (Å²) in [6.07, 6.45) is 0. The van der Waals surface area contributed by atoms with E-state index in [1.165, 1.54) is 10.5 Å². The largest absolute Gasteiger partial charge is 0.497 e. The zero-order valence-corrected chi connectivity index (χ0v) is 16.5. The number of nitrogens with one attached hydrogen (secondary N) is 1. The van der Waals surface area contributed by atoms with Gasteiger partial charge in [-0.05, 0) is 41.2 Å². The van der Waals surface area contributed by atoms with Crippen molar-refractivity contribution in [1.29, 1.82) is 0 Å². The number of nitrogens with zero attached hydrogens (tertiary/aromatic N) is 1. The quantitative estimate of drug-likeness (QED) is 0.833. The minimum Gasteiger partial charge on any atom is -0.497 e. The van der Waals surface area contributed by atoms with Gasteiger partial charge in [-0.25, -0.2) is 4.79 Å². The molecule has 0 saturated carbocycles. The zero-order valence-electron chi connectivity index (χ0n) is 16.5. The van der Waals surface area contributed by atoms with Crippen molar-refractivity contribution >= 4 is 11.9 Å². The number of methoxy groups -OCH3 is 1. The third-order valence-electron chi connectivity index (χ3n) is 5.08. The fraction of sp³-hybridized carbons (Fsp3) is 0.364. The molecule has 3 amide bonds. The van der Waals surface area contributed by atoms with Gasteiger partial charge in [0.2, 0.25) is 0 Å². The lowest BCUT2D eigenvalue weighted by molar-refractivity contribution is -0.131. The first-order valence-electron chi connectivity index (χ1n) is 9.03. The minimum absolute atomic E-state index is 0.0285. The molecule has 1 aliphatic rings. The molecule has 1 saturated heterocycles. The second-order valence-electron chi connectivity index (χ2n) is 8.13. The lowest BCUT2D eigenvalue weighted by atomic mass is 9.84. The Labute approximate surface area is 160 Å². The van der Waals surface area contributed by atoms with Gasteiger partial charge >= 0.3 is 6.03 Å². The number of benzene rings is 2. The molecular formula is C22H26N2O3. The summed E-state index contributed by atoms with van der Waals surface area (Å²) >= 11 is 0. The number of amides is 3. The Bertz CT molecular complexity index is 868.